The van der Waals surface area contributed by atoms with Crippen molar-refractivity contribution < 1.29 is 9.53 Å². The van der Waals surface area contributed by atoms with Crippen LogP contribution in [0.25, 0.3) is 6.08 Å². The Morgan fingerprint density at radius 2 is 2.00 bits per heavy atom. The summed E-state index contributed by atoms with van der Waals surface area (Å²) in [7, 11) is 0. The molecule has 0 saturated carbocycles. The Labute approximate surface area is 156 Å². The van der Waals surface area contributed by atoms with Crippen LogP contribution in [0.15, 0.2) is 48.0 Å². The van der Waals surface area contributed by atoms with Gasteiger partial charge in [-0.25, -0.2) is 0 Å². The number of anilines is 1. The Bertz CT molecular complexity index is 855. The number of carbonyl (C=O) groups is 1. The molecule has 0 spiro atoms. The van der Waals surface area contributed by atoms with Crippen molar-refractivity contribution >= 4 is 40.9 Å². The van der Waals surface area contributed by atoms with Crippen LogP contribution in [0.5, 0.6) is 5.75 Å². The van der Waals surface area contributed by atoms with Gasteiger partial charge in [0.1, 0.15) is 17.4 Å². The molecule has 4 nitrogen and oxygen atoms in total. The van der Waals surface area contributed by atoms with Crippen molar-refractivity contribution in [3.63, 3.8) is 0 Å². The second kappa shape index (κ2) is 8.57. The van der Waals surface area contributed by atoms with Gasteiger partial charge in [0, 0.05) is 10.7 Å². The van der Waals surface area contributed by atoms with Gasteiger partial charge in [0.2, 0.25) is 0 Å². The Hall–Kier alpha value is -2.48. The molecule has 0 atom stereocenters. The van der Waals surface area contributed by atoms with E-state index in [0.717, 1.165) is 0 Å². The summed E-state index contributed by atoms with van der Waals surface area (Å²) in [4.78, 5) is 12.3. The van der Waals surface area contributed by atoms with Crippen LogP contribution < -0.4 is 10.1 Å². The number of carbonyl (C=O) groups excluding carboxylic acids is 1. The number of amides is 1. The monoisotopic (exact) mass is 374 g/mol. The van der Waals surface area contributed by atoms with Gasteiger partial charge in [-0.05, 0) is 55.8 Å². The van der Waals surface area contributed by atoms with E-state index in [4.69, 9.17) is 27.9 Å². The fourth-order valence-electron chi connectivity index (χ4n) is 2.04. The summed E-state index contributed by atoms with van der Waals surface area (Å²) >= 11 is 12.1. The summed E-state index contributed by atoms with van der Waals surface area (Å²) < 4.78 is 5.56. The summed E-state index contributed by atoms with van der Waals surface area (Å²) in [5.41, 5.74) is 1.09. The molecule has 6 heteroatoms. The SMILES string of the molecule is CC(C)Oc1ccc(/C=C(/C#N)C(=O)Nc2cccc(Cl)c2)cc1Cl. The first-order valence-electron chi connectivity index (χ1n) is 7.54. The van der Waals surface area contributed by atoms with Crippen molar-refractivity contribution in [2.45, 2.75) is 20.0 Å². The number of nitriles is 1. The maximum Gasteiger partial charge on any atom is 0.266 e. The highest BCUT2D eigenvalue weighted by molar-refractivity contribution is 6.32. The summed E-state index contributed by atoms with van der Waals surface area (Å²) in [6, 6.07) is 13.7. The molecule has 0 aliphatic heterocycles. The van der Waals surface area contributed by atoms with E-state index >= 15 is 0 Å². The largest absolute Gasteiger partial charge is 0.489 e. The van der Waals surface area contributed by atoms with E-state index < -0.39 is 5.91 Å². The fraction of sp³-hybridized carbons (Fsp3) is 0.158. The molecule has 0 aromatic heterocycles. The van der Waals surface area contributed by atoms with Gasteiger partial charge in [0.15, 0.2) is 0 Å². The smallest absolute Gasteiger partial charge is 0.266 e. The van der Waals surface area contributed by atoms with Crippen LogP contribution in [0, 0.1) is 11.3 Å². The minimum absolute atomic E-state index is 0.00274. The molecular formula is C19H16Cl2N2O2. The zero-order valence-electron chi connectivity index (χ0n) is 13.7. The van der Waals surface area contributed by atoms with Gasteiger partial charge < -0.3 is 10.1 Å². The number of halogens is 2. The Morgan fingerprint density at radius 3 is 2.60 bits per heavy atom. The third-order valence-corrected chi connectivity index (χ3v) is 3.61. The average Bonchev–Trinajstić information content (AvgIpc) is 2.54. The van der Waals surface area contributed by atoms with Crippen molar-refractivity contribution in [3.05, 3.63) is 63.6 Å². The molecule has 2 aromatic carbocycles. The summed E-state index contributed by atoms with van der Waals surface area (Å²) in [5, 5.41) is 12.8. The lowest BCUT2D eigenvalue weighted by Gasteiger charge is -2.11. The molecule has 2 aromatic rings. The highest BCUT2D eigenvalue weighted by Crippen LogP contribution is 2.27. The quantitative estimate of drug-likeness (QED) is 0.568. The lowest BCUT2D eigenvalue weighted by Crippen LogP contribution is -2.13. The standard InChI is InChI=1S/C19H16Cl2N2O2/c1-12(2)25-18-7-6-13(9-17(18)21)8-14(11-22)19(24)23-16-5-3-4-15(20)10-16/h3-10,12H,1-2H3,(H,23,24)/b14-8-. The minimum Gasteiger partial charge on any atom is -0.489 e. The number of rotatable bonds is 5. The number of nitrogens with zero attached hydrogens (tertiary/aromatic N) is 1. The van der Waals surface area contributed by atoms with Gasteiger partial charge in [-0.3, -0.25) is 4.79 Å². The normalized spacial score (nSPS) is 11.1. The van der Waals surface area contributed by atoms with E-state index in [9.17, 15) is 10.1 Å². The van der Waals surface area contributed by atoms with E-state index in [0.29, 0.717) is 27.0 Å². The van der Waals surface area contributed by atoms with Gasteiger partial charge >= 0.3 is 0 Å². The van der Waals surface area contributed by atoms with Crippen molar-refractivity contribution in [2.24, 2.45) is 0 Å². The van der Waals surface area contributed by atoms with E-state index in [2.05, 4.69) is 5.32 Å². The molecule has 0 saturated heterocycles. The molecule has 128 valence electrons. The minimum atomic E-state index is -0.525. The Balaban J connectivity index is 2.20. The number of benzene rings is 2. The Kier molecular flexibility index (Phi) is 6.46. The second-order valence-electron chi connectivity index (χ2n) is 5.49. The van der Waals surface area contributed by atoms with Crippen LogP contribution in [0.4, 0.5) is 5.69 Å². The molecule has 0 heterocycles. The second-order valence-corrected chi connectivity index (χ2v) is 6.33. The molecule has 0 bridgehead atoms. The average molecular weight is 375 g/mol. The first-order chi connectivity index (χ1) is 11.9. The van der Waals surface area contributed by atoms with Gasteiger partial charge in [-0.1, -0.05) is 35.3 Å². The topological polar surface area (TPSA) is 62.1 Å². The highest BCUT2D eigenvalue weighted by atomic mass is 35.5. The maximum atomic E-state index is 12.3. The van der Waals surface area contributed by atoms with Crippen LogP contribution >= 0.6 is 23.2 Å². The van der Waals surface area contributed by atoms with Crippen molar-refractivity contribution in [3.8, 4) is 11.8 Å². The summed E-state index contributed by atoms with van der Waals surface area (Å²) in [6.45, 7) is 3.80. The lowest BCUT2D eigenvalue weighted by atomic mass is 10.1. The van der Waals surface area contributed by atoms with Crippen LogP contribution in [0.3, 0.4) is 0 Å². The van der Waals surface area contributed by atoms with Crippen molar-refractivity contribution in [1.29, 1.82) is 5.26 Å². The van der Waals surface area contributed by atoms with Gasteiger partial charge in [-0.2, -0.15) is 5.26 Å². The fourth-order valence-corrected chi connectivity index (χ4v) is 2.46. The number of ether oxygens (including phenoxy) is 1. The first-order valence-corrected chi connectivity index (χ1v) is 8.29. The summed E-state index contributed by atoms with van der Waals surface area (Å²) in [6.07, 6.45) is 1.46. The molecule has 0 fully saturated rings. The molecule has 1 amide bonds. The molecule has 0 unspecified atom stereocenters. The predicted octanol–water partition coefficient (Wildman–Crippen LogP) is 5.33. The van der Waals surface area contributed by atoms with Crippen molar-refractivity contribution in [1.82, 2.24) is 0 Å². The molecule has 0 radical (unpaired) electrons. The van der Waals surface area contributed by atoms with E-state index in [1.54, 1.807) is 42.5 Å². The highest BCUT2D eigenvalue weighted by Gasteiger charge is 2.11. The molecule has 1 N–H and O–H groups in total. The third-order valence-electron chi connectivity index (χ3n) is 3.08. The van der Waals surface area contributed by atoms with E-state index in [-0.39, 0.29) is 11.7 Å². The number of nitrogens with one attached hydrogen (secondary N) is 1. The lowest BCUT2D eigenvalue weighted by molar-refractivity contribution is -0.112. The van der Waals surface area contributed by atoms with E-state index in [1.807, 2.05) is 19.9 Å². The maximum absolute atomic E-state index is 12.3. The van der Waals surface area contributed by atoms with Crippen LogP contribution in [0.1, 0.15) is 19.4 Å². The molecule has 0 aliphatic rings. The van der Waals surface area contributed by atoms with Gasteiger partial charge in [-0.15, -0.1) is 0 Å². The number of hydrogen-bond donors (Lipinski definition) is 1. The van der Waals surface area contributed by atoms with Gasteiger partial charge in [0.25, 0.3) is 5.91 Å². The van der Waals surface area contributed by atoms with Crippen molar-refractivity contribution in [2.75, 3.05) is 5.32 Å². The Morgan fingerprint density at radius 1 is 1.24 bits per heavy atom. The molecule has 25 heavy (non-hydrogen) atoms. The molecular weight excluding hydrogens is 359 g/mol. The van der Waals surface area contributed by atoms with Crippen LogP contribution in [0.2, 0.25) is 10.0 Å². The zero-order valence-corrected chi connectivity index (χ0v) is 15.2. The molecule has 2 rings (SSSR count). The predicted molar refractivity (Wildman–Crippen MR) is 101 cm³/mol. The van der Waals surface area contributed by atoms with E-state index in [1.165, 1.54) is 6.08 Å². The zero-order chi connectivity index (χ0) is 18.4. The summed E-state index contributed by atoms with van der Waals surface area (Å²) in [5.74, 6) is 0.0269. The first kappa shape index (κ1) is 18.9. The molecule has 0 aliphatic carbocycles. The van der Waals surface area contributed by atoms with Gasteiger partial charge in [0.05, 0.1) is 11.1 Å². The van der Waals surface area contributed by atoms with Crippen LogP contribution in [-0.4, -0.2) is 12.0 Å². The third kappa shape index (κ3) is 5.53. The number of hydrogen-bond acceptors (Lipinski definition) is 3. The van der Waals surface area contributed by atoms with Crippen LogP contribution in [-0.2, 0) is 4.79 Å².